The van der Waals surface area contributed by atoms with E-state index in [1.165, 1.54) is 0 Å². The standard InChI is InChI=1S/C12H18IN3O2/c1-7(2)10-9(13)12(14-3)16-11(15-10)8-6-17-4-5-18-8/h7-8H,4-6H2,1-3H3,(H,14,15,16). The zero-order valence-corrected chi connectivity index (χ0v) is 13.0. The normalized spacial score (nSPS) is 20.2. The van der Waals surface area contributed by atoms with Gasteiger partial charge in [0.15, 0.2) is 5.82 Å². The van der Waals surface area contributed by atoms with Crippen LogP contribution in [0.1, 0.15) is 37.4 Å². The molecule has 2 heterocycles. The van der Waals surface area contributed by atoms with Crippen LogP contribution in [-0.2, 0) is 9.47 Å². The van der Waals surface area contributed by atoms with Gasteiger partial charge in [-0.25, -0.2) is 9.97 Å². The molecule has 2 rings (SSSR count). The zero-order valence-electron chi connectivity index (χ0n) is 10.9. The smallest absolute Gasteiger partial charge is 0.162 e. The SMILES string of the molecule is CNc1nc(C2COCCO2)nc(C(C)C)c1I. The fourth-order valence-electron chi connectivity index (χ4n) is 1.81. The molecule has 1 N–H and O–H groups in total. The van der Waals surface area contributed by atoms with E-state index in [4.69, 9.17) is 9.47 Å². The van der Waals surface area contributed by atoms with E-state index < -0.39 is 0 Å². The summed E-state index contributed by atoms with van der Waals surface area (Å²) in [5.74, 6) is 1.93. The lowest BCUT2D eigenvalue weighted by atomic mass is 10.1. The number of hydrogen-bond donors (Lipinski definition) is 1. The molecule has 1 unspecified atom stereocenters. The van der Waals surface area contributed by atoms with Crippen molar-refractivity contribution in [3.05, 3.63) is 15.1 Å². The lowest BCUT2D eigenvalue weighted by Crippen LogP contribution is -2.24. The number of aromatic nitrogens is 2. The van der Waals surface area contributed by atoms with Gasteiger partial charge in [-0.15, -0.1) is 0 Å². The average molecular weight is 363 g/mol. The van der Waals surface area contributed by atoms with Gasteiger partial charge in [0, 0.05) is 7.05 Å². The number of rotatable bonds is 3. The quantitative estimate of drug-likeness (QED) is 0.836. The molecule has 0 saturated carbocycles. The van der Waals surface area contributed by atoms with E-state index in [0.717, 1.165) is 15.1 Å². The molecule has 100 valence electrons. The van der Waals surface area contributed by atoms with Crippen molar-refractivity contribution >= 4 is 28.4 Å². The summed E-state index contributed by atoms with van der Waals surface area (Å²) < 4.78 is 12.1. The van der Waals surface area contributed by atoms with Crippen LogP contribution < -0.4 is 5.32 Å². The van der Waals surface area contributed by atoms with Gasteiger partial charge in [-0.2, -0.15) is 0 Å². The maximum atomic E-state index is 5.66. The average Bonchev–Trinajstić information content (AvgIpc) is 2.39. The second kappa shape index (κ2) is 6.12. The van der Waals surface area contributed by atoms with Crippen molar-refractivity contribution in [3.8, 4) is 0 Å². The predicted octanol–water partition coefficient (Wildman–Crippen LogP) is 2.33. The van der Waals surface area contributed by atoms with Crippen molar-refractivity contribution in [3.63, 3.8) is 0 Å². The molecule has 18 heavy (non-hydrogen) atoms. The van der Waals surface area contributed by atoms with E-state index in [2.05, 4.69) is 51.7 Å². The highest BCUT2D eigenvalue weighted by Crippen LogP contribution is 2.28. The summed E-state index contributed by atoms with van der Waals surface area (Å²) in [6, 6.07) is 0. The van der Waals surface area contributed by atoms with Gasteiger partial charge in [-0.1, -0.05) is 13.8 Å². The maximum absolute atomic E-state index is 5.66. The molecule has 0 spiro atoms. The number of nitrogens with zero attached hydrogens (tertiary/aromatic N) is 2. The molecular weight excluding hydrogens is 345 g/mol. The first kappa shape index (κ1) is 14.0. The van der Waals surface area contributed by atoms with E-state index in [1.807, 2.05) is 7.05 Å². The molecule has 1 fully saturated rings. The summed E-state index contributed by atoms with van der Waals surface area (Å²) >= 11 is 2.28. The van der Waals surface area contributed by atoms with Crippen molar-refractivity contribution in [1.29, 1.82) is 0 Å². The summed E-state index contributed by atoms with van der Waals surface area (Å²) in [4.78, 5) is 9.16. The van der Waals surface area contributed by atoms with Crippen LogP contribution in [0.2, 0.25) is 0 Å². The van der Waals surface area contributed by atoms with Gasteiger partial charge in [0.05, 0.1) is 29.1 Å². The van der Waals surface area contributed by atoms with Crippen molar-refractivity contribution in [2.45, 2.75) is 25.9 Å². The highest BCUT2D eigenvalue weighted by Gasteiger charge is 2.23. The van der Waals surface area contributed by atoms with Crippen molar-refractivity contribution in [1.82, 2.24) is 9.97 Å². The second-order valence-electron chi connectivity index (χ2n) is 4.47. The maximum Gasteiger partial charge on any atom is 0.162 e. The van der Waals surface area contributed by atoms with Crippen LogP contribution >= 0.6 is 22.6 Å². The number of nitrogens with one attached hydrogen (secondary N) is 1. The van der Waals surface area contributed by atoms with Gasteiger partial charge in [0.1, 0.15) is 11.9 Å². The van der Waals surface area contributed by atoms with E-state index >= 15 is 0 Å². The van der Waals surface area contributed by atoms with Crippen LogP contribution in [0.4, 0.5) is 5.82 Å². The topological polar surface area (TPSA) is 56.3 Å². The fourth-order valence-corrected chi connectivity index (χ4v) is 2.95. The van der Waals surface area contributed by atoms with Gasteiger partial charge in [-0.05, 0) is 28.5 Å². The highest BCUT2D eigenvalue weighted by atomic mass is 127. The third kappa shape index (κ3) is 2.92. The molecule has 5 nitrogen and oxygen atoms in total. The summed E-state index contributed by atoms with van der Waals surface area (Å²) in [7, 11) is 1.87. The molecule has 1 aromatic heterocycles. The van der Waals surface area contributed by atoms with E-state index in [1.54, 1.807) is 0 Å². The largest absolute Gasteiger partial charge is 0.376 e. The molecule has 0 radical (unpaired) electrons. The molecule has 1 aliphatic rings. The van der Waals surface area contributed by atoms with Crippen molar-refractivity contribution in [2.75, 3.05) is 32.2 Å². The second-order valence-corrected chi connectivity index (χ2v) is 5.55. The molecular formula is C12H18IN3O2. The minimum absolute atomic E-state index is 0.152. The number of halogens is 1. The molecule has 0 aliphatic carbocycles. The van der Waals surface area contributed by atoms with E-state index in [0.29, 0.717) is 31.6 Å². The molecule has 1 saturated heterocycles. The van der Waals surface area contributed by atoms with E-state index in [-0.39, 0.29) is 6.10 Å². The number of hydrogen-bond acceptors (Lipinski definition) is 5. The third-order valence-corrected chi connectivity index (χ3v) is 3.85. The molecule has 0 aromatic carbocycles. The Bertz CT molecular complexity index is 420. The van der Waals surface area contributed by atoms with Crippen LogP contribution in [0.25, 0.3) is 0 Å². The molecule has 0 amide bonds. The lowest BCUT2D eigenvalue weighted by Gasteiger charge is -2.23. The monoisotopic (exact) mass is 363 g/mol. The molecule has 6 heteroatoms. The molecule has 1 aromatic rings. The first-order valence-corrected chi connectivity index (χ1v) is 7.15. The highest BCUT2D eigenvalue weighted by molar-refractivity contribution is 14.1. The minimum atomic E-state index is -0.152. The molecule has 1 aliphatic heterocycles. The Morgan fingerprint density at radius 2 is 2.11 bits per heavy atom. The Morgan fingerprint density at radius 3 is 2.67 bits per heavy atom. The Hall–Kier alpha value is -0.470. The first-order chi connectivity index (χ1) is 8.63. The first-order valence-electron chi connectivity index (χ1n) is 6.08. The lowest BCUT2D eigenvalue weighted by molar-refractivity contribution is -0.0935. The number of anilines is 1. The Balaban J connectivity index is 2.37. The summed E-state index contributed by atoms with van der Waals surface area (Å²) in [5.41, 5.74) is 1.05. The predicted molar refractivity (Wildman–Crippen MR) is 77.9 cm³/mol. The summed E-state index contributed by atoms with van der Waals surface area (Å²) in [6.07, 6.45) is -0.152. The third-order valence-electron chi connectivity index (χ3n) is 2.78. The van der Waals surface area contributed by atoms with Crippen molar-refractivity contribution in [2.24, 2.45) is 0 Å². The Morgan fingerprint density at radius 1 is 1.33 bits per heavy atom. The van der Waals surface area contributed by atoms with E-state index in [9.17, 15) is 0 Å². The summed E-state index contributed by atoms with van der Waals surface area (Å²) in [6.45, 7) is 6.04. The van der Waals surface area contributed by atoms with Gasteiger partial charge in [-0.3, -0.25) is 0 Å². The van der Waals surface area contributed by atoms with Crippen molar-refractivity contribution < 1.29 is 9.47 Å². The fraction of sp³-hybridized carbons (Fsp3) is 0.667. The van der Waals surface area contributed by atoms with Gasteiger partial charge in [0.25, 0.3) is 0 Å². The van der Waals surface area contributed by atoms with Crippen LogP contribution in [0.3, 0.4) is 0 Å². The van der Waals surface area contributed by atoms with Crippen LogP contribution in [0.15, 0.2) is 0 Å². The molecule has 1 atom stereocenters. The minimum Gasteiger partial charge on any atom is -0.376 e. The van der Waals surface area contributed by atoms with Gasteiger partial charge in [0.2, 0.25) is 0 Å². The summed E-state index contributed by atoms with van der Waals surface area (Å²) in [5, 5.41) is 3.12. The Kier molecular flexibility index (Phi) is 4.74. The van der Waals surface area contributed by atoms with Gasteiger partial charge < -0.3 is 14.8 Å². The Labute approximate surface area is 121 Å². The van der Waals surface area contributed by atoms with Crippen LogP contribution in [-0.4, -0.2) is 36.8 Å². The number of ether oxygens (including phenoxy) is 2. The van der Waals surface area contributed by atoms with Crippen LogP contribution in [0.5, 0.6) is 0 Å². The molecule has 0 bridgehead atoms. The zero-order chi connectivity index (χ0) is 13.1. The van der Waals surface area contributed by atoms with Crippen LogP contribution in [0, 0.1) is 3.57 Å². The van der Waals surface area contributed by atoms with Gasteiger partial charge >= 0.3 is 0 Å².